The maximum Gasteiger partial charge on any atom is 0.326 e. The summed E-state index contributed by atoms with van der Waals surface area (Å²) in [7, 11) is 0. The Kier molecular flexibility index (Phi) is 5.61. The van der Waals surface area contributed by atoms with Crippen molar-refractivity contribution in [2.45, 2.75) is 49.9 Å². The van der Waals surface area contributed by atoms with E-state index in [-0.39, 0.29) is 12.1 Å². The predicted molar refractivity (Wildman–Crippen MR) is 68.3 cm³/mol. The van der Waals surface area contributed by atoms with Gasteiger partial charge in [-0.3, -0.25) is 0 Å². The van der Waals surface area contributed by atoms with E-state index in [0.29, 0.717) is 11.7 Å². The lowest BCUT2D eigenvalue weighted by Gasteiger charge is -2.21. The van der Waals surface area contributed by atoms with E-state index < -0.39 is 12.0 Å². The van der Waals surface area contributed by atoms with Crippen LogP contribution in [0.1, 0.15) is 32.6 Å². The molecule has 0 aromatic heterocycles. The van der Waals surface area contributed by atoms with Crippen LogP contribution in [0, 0.1) is 0 Å². The fraction of sp³-hybridized carbons (Fsp3) is 0.818. The number of carboxylic acid groups (broad SMARTS) is 1. The number of nitrogens with one attached hydrogen (secondary N) is 2. The zero-order chi connectivity index (χ0) is 12.8. The molecule has 0 spiro atoms. The van der Waals surface area contributed by atoms with Crippen LogP contribution in [0.15, 0.2) is 0 Å². The Morgan fingerprint density at radius 3 is 2.71 bits per heavy atom. The first kappa shape index (κ1) is 14.2. The molecule has 6 heteroatoms. The Morgan fingerprint density at radius 2 is 2.18 bits per heavy atom. The highest BCUT2D eigenvalue weighted by molar-refractivity contribution is 7.99. The number of hydrogen-bond donors (Lipinski definition) is 3. The lowest BCUT2D eigenvalue weighted by atomic mass is 10.2. The molecule has 5 nitrogen and oxygen atoms in total. The fourth-order valence-electron chi connectivity index (χ4n) is 2.08. The number of carboxylic acids is 1. The van der Waals surface area contributed by atoms with Gasteiger partial charge in [0.25, 0.3) is 0 Å². The van der Waals surface area contributed by atoms with Crippen molar-refractivity contribution in [3.8, 4) is 0 Å². The molecule has 0 aromatic rings. The second-order valence-corrected chi connectivity index (χ2v) is 5.31. The van der Waals surface area contributed by atoms with E-state index in [9.17, 15) is 9.59 Å². The summed E-state index contributed by atoms with van der Waals surface area (Å²) in [5, 5.41) is 14.6. The predicted octanol–water partition coefficient (Wildman–Crippen LogP) is 1.43. The molecule has 1 aliphatic rings. The van der Waals surface area contributed by atoms with Crippen molar-refractivity contribution in [3.05, 3.63) is 0 Å². The molecule has 3 atom stereocenters. The first-order valence-electron chi connectivity index (χ1n) is 5.91. The highest BCUT2D eigenvalue weighted by Gasteiger charge is 2.28. The molecule has 17 heavy (non-hydrogen) atoms. The van der Waals surface area contributed by atoms with Crippen molar-refractivity contribution >= 4 is 23.8 Å². The number of urea groups is 1. The molecule has 98 valence electrons. The minimum atomic E-state index is -0.990. The van der Waals surface area contributed by atoms with Crippen LogP contribution in [-0.4, -0.2) is 40.7 Å². The molecule has 2 unspecified atom stereocenters. The third kappa shape index (κ3) is 4.11. The van der Waals surface area contributed by atoms with Gasteiger partial charge in [0.2, 0.25) is 0 Å². The molecule has 0 bridgehead atoms. The Bertz CT molecular complexity index is 286. The zero-order valence-corrected chi connectivity index (χ0v) is 11.0. The molecule has 3 N–H and O–H groups in total. The summed E-state index contributed by atoms with van der Waals surface area (Å²) >= 11 is 1.75. The normalized spacial score (nSPS) is 25.3. The molecule has 0 saturated heterocycles. The van der Waals surface area contributed by atoms with Crippen molar-refractivity contribution in [1.29, 1.82) is 0 Å². The number of amides is 2. The van der Waals surface area contributed by atoms with E-state index >= 15 is 0 Å². The van der Waals surface area contributed by atoms with E-state index in [4.69, 9.17) is 5.11 Å². The summed E-state index contributed by atoms with van der Waals surface area (Å²) in [6.45, 7) is 1.74. The molecular formula is C11H20N2O3S. The third-order valence-electron chi connectivity index (χ3n) is 3.08. The number of aliphatic carboxylic acids is 1. The first-order chi connectivity index (χ1) is 8.08. The SMILES string of the molecule is CC[C@@H](NC(=O)NC1CCCC1SC)C(=O)O. The minimum Gasteiger partial charge on any atom is -0.480 e. The van der Waals surface area contributed by atoms with Crippen molar-refractivity contribution in [1.82, 2.24) is 10.6 Å². The average Bonchev–Trinajstić information content (AvgIpc) is 2.72. The van der Waals surface area contributed by atoms with Gasteiger partial charge in [0, 0.05) is 11.3 Å². The minimum absolute atomic E-state index is 0.163. The van der Waals surface area contributed by atoms with Crippen LogP contribution in [0.25, 0.3) is 0 Å². The van der Waals surface area contributed by atoms with Gasteiger partial charge in [-0.25, -0.2) is 9.59 Å². The first-order valence-corrected chi connectivity index (χ1v) is 7.19. The van der Waals surface area contributed by atoms with Gasteiger partial charge in [-0.05, 0) is 25.5 Å². The van der Waals surface area contributed by atoms with Crippen LogP contribution >= 0.6 is 11.8 Å². The average molecular weight is 260 g/mol. The van der Waals surface area contributed by atoms with Crippen molar-refractivity contribution < 1.29 is 14.7 Å². The van der Waals surface area contributed by atoms with E-state index in [1.807, 2.05) is 6.26 Å². The Hall–Kier alpha value is -0.910. The van der Waals surface area contributed by atoms with Crippen LogP contribution < -0.4 is 10.6 Å². The summed E-state index contributed by atoms with van der Waals surface area (Å²) in [6, 6.07) is -1.01. The van der Waals surface area contributed by atoms with Crippen molar-refractivity contribution in [2.24, 2.45) is 0 Å². The number of thioether (sulfide) groups is 1. The zero-order valence-electron chi connectivity index (χ0n) is 10.2. The number of carbonyl (C=O) groups is 2. The van der Waals surface area contributed by atoms with Gasteiger partial charge < -0.3 is 15.7 Å². The summed E-state index contributed by atoms with van der Waals surface area (Å²) < 4.78 is 0. The van der Waals surface area contributed by atoms with Gasteiger partial charge >= 0.3 is 12.0 Å². The lowest BCUT2D eigenvalue weighted by molar-refractivity contribution is -0.139. The number of rotatable bonds is 5. The van der Waals surface area contributed by atoms with Crippen LogP contribution in [0.2, 0.25) is 0 Å². The third-order valence-corrected chi connectivity index (χ3v) is 4.25. The van der Waals surface area contributed by atoms with Gasteiger partial charge in [0.1, 0.15) is 6.04 Å². The second kappa shape index (κ2) is 6.74. The Labute approximate surface area is 106 Å². The highest BCUT2D eigenvalue weighted by Crippen LogP contribution is 2.28. The van der Waals surface area contributed by atoms with Gasteiger partial charge in [-0.15, -0.1) is 0 Å². The fourth-order valence-corrected chi connectivity index (χ4v) is 3.02. The largest absolute Gasteiger partial charge is 0.480 e. The summed E-state index contributed by atoms with van der Waals surface area (Å²) in [5.74, 6) is -0.990. The molecule has 2 amide bonds. The summed E-state index contributed by atoms with van der Waals surface area (Å²) in [4.78, 5) is 22.4. The molecule has 1 aliphatic carbocycles. The van der Waals surface area contributed by atoms with Crippen LogP contribution in [-0.2, 0) is 4.79 Å². The monoisotopic (exact) mass is 260 g/mol. The summed E-state index contributed by atoms with van der Waals surface area (Å²) in [5.41, 5.74) is 0. The second-order valence-electron chi connectivity index (χ2n) is 4.23. The smallest absolute Gasteiger partial charge is 0.326 e. The molecule has 1 fully saturated rings. The van der Waals surface area contributed by atoms with Crippen molar-refractivity contribution in [3.63, 3.8) is 0 Å². The quantitative estimate of drug-likeness (QED) is 0.699. The van der Waals surface area contributed by atoms with E-state index in [1.54, 1.807) is 18.7 Å². The van der Waals surface area contributed by atoms with E-state index in [1.165, 1.54) is 0 Å². The molecule has 0 radical (unpaired) electrons. The van der Waals surface area contributed by atoms with E-state index in [2.05, 4.69) is 10.6 Å². The standard InChI is InChI=1S/C11H20N2O3S/c1-3-7(10(14)15)12-11(16)13-8-5-4-6-9(8)17-2/h7-9H,3-6H2,1-2H3,(H,14,15)(H2,12,13,16)/t7-,8?,9?/m1/s1. The van der Waals surface area contributed by atoms with Gasteiger partial charge in [-0.1, -0.05) is 13.3 Å². The molecule has 0 aliphatic heterocycles. The highest BCUT2D eigenvalue weighted by atomic mass is 32.2. The van der Waals surface area contributed by atoms with Gasteiger partial charge in [0.05, 0.1) is 0 Å². The molecule has 0 aromatic carbocycles. The topological polar surface area (TPSA) is 78.4 Å². The molecule has 1 saturated carbocycles. The van der Waals surface area contributed by atoms with Gasteiger partial charge in [0.15, 0.2) is 0 Å². The molecule has 0 heterocycles. The molecule has 1 rings (SSSR count). The number of carbonyl (C=O) groups excluding carboxylic acids is 1. The summed E-state index contributed by atoms with van der Waals surface area (Å²) in [6.07, 6.45) is 5.63. The Morgan fingerprint density at radius 1 is 1.47 bits per heavy atom. The van der Waals surface area contributed by atoms with Crippen LogP contribution in [0.3, 0.4) is 0 Å². The van der Waals surface area contributed by atoms with Gasteiger partial charge in [-0.2, -0.15) is 11.8 Å². The lowest BCUT2D eigenvalue weighted by Crippen LogP contribution is -2.50. The van der Waals surface area contributed by atoms with E-state index in [0.717, 1.165) is 19.3 Å². The van der Waals surface area contributed by atoms with Crippen LogP contribution in [0.4, 0.5) is 4.79 Å². The number of hydrogen-bond acceptors (Lipinski definition) is 3. The van der Waals surface area contributed by atoms with Crippen LogP contribution in [0.5, 0.6) is 0 Å². The Balaban J connectivity index is 2.41. The molecular weight excluding hydrogens is 240 g/mol. The maximum atomic E-state index is 11.6. The maximum absolute atomic E-state index is 11.6. The van der Waals surface area contributed by atoms with Crippen molar-refractivity contribution in [2.75, 3.05) is 6.26 Å².